The fraction of sp³-hybridized carbons (Fsp3) is 0.280. The number of halogens is 1. The van der Waals surface area contributed by atoms with Crippen molar-refractivity contribution in [2.45, 2.75) is 31.9 Å². The minimum Gasteiger partial charge on any atom is -0.487 e. The van der Waals surface area contributed by atoms with Crippen LogP contribution in [0, 0.1) is 12.7 Å². The summed E-state index contributed by atoms with van der Waals surface area (Å²) in [5, 5.41) is 3.20. The van der Waals surface area contributed by atoms with Crippen LogP contribution in [0.2, 0.25) is 0 Å². The van der Waals surface area contributed by atoms with Crippen molar-refractivity contribution in [1.29, 1.82) is 0 Å². The van der Waals surface area contributed by atoms with Gasteiger partial charge in [0, 0.05) is 24.5 Å². The Labute approximate surface area is 181 Å². The van der Waals surface area contributed by atoms with Crippen molar-refractivity contribution in [2.75, 3.05) is 13.2 Å². The Hall–Kier alpha value is -3.25. The van der Waals surface area contributed by atoms with Gasteiger partial charge in [-0.1, -0.05) is 24.3 Å². The van der Waals surface area contributed by atoms with Gasteiger partial charge in [-0.05, 0) is 67.3 Å². The molecule has 1 aliphatic heterocycles. The molecule has 0 radical (unpaired) electrons. The third kappa shape index (κ3) is 5.09. The molecule has 160 valence electrons. The van der Waals surface area contributed by atoms with E-state index in [0.717, 1.165) is 16.8 Å². The lowest BCUT2D eigenvalue weighted by Gasteiger charge is -2.38. The maximum atomic E-state index is 13.4. The summed E-state index contributed by atoms with van der Waals surface area (Å²) in [6, 6.07) is 17.5. The fourth-order valence-corrected chi connectivity index (χ4v) is 3.77. The van der Waals surface area contributed by atoms with Crippen LogP contribution in [-0.2, 0) is 16.9 Å². The molecule has 1 aliphatic rings. The van der Waals surface area contributed by atoms with Crippen LogP contribution >= 0.6 is 0 Å². The van der Waals surface area contributed by atoms with Gasteiger partial charge >= 0.3 is 0 Å². The lowest BCUT2D eigenvalue weighted by molar-refractivity contribution is 0.0345. The first-order valence-electron chi connectivity index (χ1n) is 10.3. The Morgan fingerprint density at radius 3 is 2.61 bits per heavy atom. The number of benzene rings is 2. The smallest absolute Gasteiger partial charge is 0.251 e. The summed E-state index contributed by atoms with van der Waals surface area (Å²) >= 11 is 0. The number of rotatable bonds is 6. The standard InChI is InChI=1S/C25H25FN2O3/c1-18-5-10-23(16-27-18)31-17-19-3-2-4-20(15-19)24(29)28-25(11-13-30-14-12-25)21-6-8-22(26)9-7-21/h2-10,15-16H,11-14,17H2,1H3,(H,28,29). The maximum Gasteiger partial charge on any atom is 0.251 e. The summed E-state index contributed by atoms with van der Waals surface area (Å²) in [5.74, 6) is 0.205. The van der Waals surface area contributed by atoms with E-state index in [9.17, 15) is 9.18 Å². The number of ether oxygens (including phenoxy) is 2. The number of amides is 1. The zero-order chi connectivity index (χ0) is 21.7. The van der Waals surface area contributed by atoms with Crippen LogP contribution in [0.5, 0.6) is 5.75 Å². The summed E-state index contributed by atoms with van der Waals surface area (Å²) in [5.41, 5.74) is 2.67. The molecule has 31 heavy (non-hydrogen) atoms. The third-order valence-electron chi connectivity index (χ3n) is 5.57. The predicted octanol–water partition coefficient (Wildman–Crippen LogP) is 4.54. The van der Waals surface area contributed by atoms with E-state index in [0.29, 0.717) is 44.0 Å². The molecule has 3 aromatic rings. The summed E-state index contributed by atoms with van der Waals surface area (Å²) in [6.45, 7) is 3.33. The van der Waals surface area contributed by atoms with Gasteiger partial charge in [-0.15, -0.1) is 0 Å². The molecule has 1 fully saturated rings. The Kier molecular flexibility index (Phi) is 6.28. The molecule has 5 nitrogen and oxygen atoms in total. The van der Waals surface area contributed by atoms with Crippen LogP contribution in [-0.4, -0.2) is 24.1 Å². The van der Waals surface area contributed by atoms with Gasteiger partial charge in [-0.3, -0.25) is 9.78 Å². The summed E-state index contributed by atoms with van der Waals surface area (Å²) < 4.78 is 24.7. The van der Waals surface area contributed by atoms with E-state index >= 15 is 0 Å². The highest BCUT2D eigenvalue weighted by molar-refractivity contribution is 5.95. The predicted molar refractivity (Wildman–Crippen MR) is 115 cm³/mol. The highest BCUT2D eigenvalue weighted by Crippen LogP contribution is 2.32. The number of pyridine rings is 1. The Balaban J connectivity index is 1.49. The molecule has 0 spiro atoms. The highest BCUT2D eigenvalue weighted by Gasteiger charge is 2.36. The van der Waals surface area contributed by atoms with Gasteiger partial charge in [0.15, 0.2) is 0 Å². The Bertz CT molecular complexity index is 1030. The summed E-state index contributed by atoms with van der Waals surface area (Å²) in [7, 11) is 0. The van der Waals surface area contributed by atoms with Crippen molar-refractivity contribution >= 4 is 5.91 Å². The minimum absolute atomic E-state index is 0.176. The second-order valence-corrected chi connectivity index (χ2v) is 7.78. The molecule has 0 bridgehead atoms. The van der Waals surface area contributed by atoms with Crippen molar-refractivity contribution in [2.24, 2.45) is 0 Å². The number of aromatic nitrogens is 1. The normalized spacial score (nSPS) is 15.3. The van der Waals surface area contributed by atoms with Crippen molar-refractivity contribution in [3.63, 3.8) is 0 Å². The molecule has 1 N–H and O–H groups in total. The number of hydrogen-bond acceptors (Lipinski definition) is 4. The monoisotopic (exact) mass is 420 g/mol. The number of hydrogen-bond donors (Lipinski definition) is 1. The third-order valence-corrected chi connectivity index (χ3v) is 5.57. The molecular formula is C25H25FN2O3. The topological polar surface area (TPSA) is 60.5 Å². The molecule has 0 saturated carbocycles. The molecule has 6 heteroatoms. The molecular weight excluding hydrogens is 395 g/mol. The van der Waals surface area contributed by atoms with Gasteiger partial charge in [0.2, 0.25) is 0 Å². The van der Waals surface area contributed by atoms with Gasteiger partial charge in [0.1, 0.15) is 18.2 Å². The van der Waals surface area contributed by atoms with Gasteiger partial charge in [-0.25, -0.2) is 4.39 Å². The average Bonchev–Trinajstić information content (AvgIpc) is 2.80. The van der Waals surface area contributed by atoms with Crippen molar-refractivity contribution < 1.29 is 18.7 Å². The molecule has 1 amide bonds. The van der Waals surface area contributed by atoms with E-state index in [1.807, 2.05) is 37.3 Å². The van der Waals surface area contributed by atoms with Crippen LogP contribution < -0.4 is 10.1 Å². The highest BCUT2D eigenvalue weighted by atomic mass is 19.1. The zero-order valence-electron chi connectivity index (χ0n) is 17.4. The lowest BCUT2D eigenvalue weighted by Crippen LogP contribution is -2.49. The van der Waals surface area contributed by atoms with Crippen LogP contribution in [0.1, 0.15) is 40.0 Å². The van der Waals surface area contributed by atoms with E-state index in [-0.39, 0.29) is 11.7 Å². The van der Waals surface area contributed by atoms with Crippen LogP contribution in [0.25, 0.3) is 0 Å². The van der Waals surface area contributed by atoms with Crippen LogP contribution in [0.4, 0.5) is 4.39 Å². The maximum absolute atomic E-state index is 13.4. The summed E-state index contributed by atoms with van der Waals surface area (Å²) in [6.07, 6.45) is 2.95. The average molecular weight is 420 g/mol. The van der Waals surface area contributed by atoms with E-state index in [1.165, 1.54) is 12.1 Å². The fourth-order valence-electron chi connectivity index (χ4n) is 3.77. The number of carbonyl (C=O) groups excluding carboxylic acids is 1. The minimum atomic E-state index is -0.580. The van der Waals surface area contributed by atoms with Crippen molar-refractivity contribution in [3.8, 4) is 5.75 Å². The summed E-state index contributed by atoms with van der Waals surface area (Å²) in [4.78, 5) is 17.4. The van der Waals surface area contributed by atoms with E-state index in [4.69, 9.17) is 9.47 Å². The second kappa shape index (κ2) is 9.27. The quantitative estimate of drug-likeness (QED) is 0.636. The van der Waals surface area contributed by atoms with Crippen LogP contribution in [0.15, 0.2) is 66.9 Å². The number of nitrogens with one attached hydrogen (secondary N) is 1. The first-order chi connectivity index (χ1) is 15.0. The first-order valence-corrected chi connectivity index (χ1v) is 10.3. The van der Waals surface area contributed by atoms with Gasteiger partial charge in [0.05, 0.1) is 11.7 Å². The van der Waals surface area contributed by atoms with Gasteiger partial charge in [-0.2, -0.15) is 0 Å². The molecule has 2 heterocycles. The SMILES string of the molecule is Cc1ccc(OCc2cccc(C(=O)NC3(c4ccc(F)cc4)CCOCC3)c2)cn1. The molecule has 0 atom stereocenters. The van der Waals surface area contributed by atoms with Gasteiger partial charge in [0.25, 0.3) is 5.91 Å². The number of nitrogens with zero attached hydrogens (tertiary/aromatic N) is 1. The lowest BCUT2D eigenvalue weighted by atomic mass is 9.82. The molecule has 4 rings (SSSR count). The van der Waals surface area contributed by atoms with Crippen molar-refractivity contribution in [3.05, 3.63) is 95.1 Å². The first kappa shape index (κ1) is 21.0. The largest absolute Gasteiger partial charge is 0.487 e. The van der Waals surface area contributed by atoms with E-state index in [2.05, 4.69) is 10.3 Å². The Morgan fingerprint density at radius 2 is 1.90 bits per heavy atom. The molecule has 0 aliphatic carbocycles. The molecule has 1 saturated heterocycles. The Morgan fingerprint density at radius 1 is 1.13 bits per heavy atom. The second-order valence-electron chi connectivity index (χ2n) is 7.78. The van der Waals surface area contributed by atoms with E-state index < -0.39 is 5.54 Å². The van der Waals surface area contributed by atoms with Crippen molar-refractivity contribution in [1.82, 2.24) is 10.3 Å². The number of aryl methyl sites for hydroxylation is 1. The molecule has 0 unspecified atom stereocenters. The molecule has 2 aromatic carbocycles. The zero-order valence-corrected chi connectivity index (χ0v) is 17.4. The molecule has 1 aromatic heterocycles. The van der Waals surface area contributed by atoms with E-state index in [1.54, 1.807) is 24.4 Å². The number of carbonyl (C=O) groups is 1. The van der Waals surface area contributed by atoms with Crippen LogP contribution in [0.3, 0.4) is 0 Å². The van der Waals surface area contributed by atoms with Gasteiger partial charge < -0.3 is 14.8 Å².